The summed E-state index contributed by atoms with van der Waals surface area (Å²) in [5, 5.41) is 0.546. The zero-order chi connectivity index (χ0) is 17.3. The fraction of sp³-hybridized carbons (Fsp3) is 0.579. The first-order valence-electron chi connectivity index (χ1n) is 8.74. The molecular weight excluding hydrogens is 320 g/mol. The van der Waals surface area contributed by atoms with Gasteiger partial charge in [0.1, 0.15) is 0 Å². The summed E-state index contributed by atoms with van der Waals surface area (Å²) >= 11 is 1.87. The minimum atomic E-state index is 0.0703. The third-order valence-corrected chi connectivity index (χ3v) is 6.52. The number of anilines is 1. The number of hydrogen-bond acceptors (Lipinski definition) is 3. The van der Waals surface area contributed by atoms with Gasteiger partial charge in [-0.25, -0.2) is 0 Å². The van der Waals surface area contributed by atoms with Gasteiger partial charge in [-0.1, -0.05) is 6.42 Å². The topological polar surface area (TPSA) is 40.6 Å². The SMILES string of the molecule is CS[C@@H]1CCC[C@@H]1N(C)C(=O)c1ccc2c(c1)CCCN2C(C)=O. The predicted molar refractivity (Wildman–Crippen MR) is 99.8 cm³/mol. The van der Waals surface area contributed by atoms with Crippen molar-refractivity contribution < 1.29 is 9.59 Å². The maximum absolute atomic E-state index is 12.9. The Kier molecular flexibility index (Phi) is 5.18. The van der Waals surface area contributed by atoms with E-state index in [0.717, 1.165) is 42.6 Å². The predicted octanol–water partition coefficient (Wildman–Crippen LogP) is 3.34. The number of rotatable bonds is 3. The molecule has 1 aromatic rings. The first-order valence-corrected chi connectivity index (χ1v) is 10.0. The molecule has 2 aliphatic rings. The quantitative estimate of drug-likeness (QED) is 0.843. The van der Waals surface area contributed by atoms with Gasteiger partial charge < -0.3 is 9.80 Å². The Morgan fingerprint density at radius 3 is 2.75 bits per heavy atom. The van der Waals surface area contributed by atoms with Crippen molar-refractivity contribution in [3.05, 3.63) is 29.3 Å². The Hall–Kier alpha value is -1.49. The maximum Gasteiger partial charge on any atom is 0.253 e. The number of benzene rings is 1. The minimum Gasteiger partial charge on any atom is -0.338 e. The number of fused-ring (bicyclic) bond motifs is 1. The molecule has 2 amide bonds. The Bertz CT molecular complexity index is 646. The summed E-state index contributed by atoms with van der Waals surface area (Å²) in [5.41, 5.74) is 2.83. The molecule has 3 rings (SSSR count). The van der Waals surface area contributed by atoms with E-state index in [2.05, 4.69) is 6.26 Å². The minimum absolute atomic E-state index is 0.0703. The van der Waals surface area contributed by atoms with Crippen LogP contribution in [-0.4, -0.2) is 47.9 Å². The fourth-order valence-corrected chi connectivity index (χ4v) is 5.07. The van der Waals surface area contributed by atoms with Crippen molar-refractivity contribution in [1.82, 2.24) is 4.90 Å². The molecule has 0 unspecified atom stereocenters. The molecule has 0 saturated heterocycles. The molecule has 0 N–H and O–H groups in total. The van der Waals surface area contributed by atoms with Gasteiger partial charge in [0.25, 0.3) is 5.91 Å². The van der Waals surface area contributed by atoms with Crippen molar-refractivity contribution >= 4 is 29.3 Å². The highest BCUT2D eigenvalue weighted by Gasteiger charge is 2.32. The maximum atomic E-state index is 12.9. The van der Waals surface area contributed by atoms with Crippen LogP contribution in [0.5, 0.6) is 0 Å². The number of nitrogens with zero attached hydrogens (tertiary/aromatic N) is 2. The van der Waals surface area contributed by atoms with Gasteiger partial charge in [0, 0.05) is 43.1 Å². The van der Waals surface area contributed by atoms with Crippen molar-refractivity contribution in [3.63, 3.8) is 0 Å². The van der Waals surface area contributed by atoms with Crippen LogP contribution in [0.3, 0.4) is 0 Å². The fourth-order valence-electron chi connectivity index (χ4n) is 4.04. The van der Waals surface area contributed by atoms with E-state index in [-0.39, 0.29) is 11.8 Å². The van der Waals surface area contributed by atoms with Crippen LogP contribution in [0.2, 0.25) is 0 Å². The van der Waals surface area contributed by atoms with E-state index >= 15 is 0 Å². The molecular formula is C19H26N2O2S. The van der Waals surface area contributed by atoms with Crippen LogP contribution in [0, 0.1) is 0 Å². The van der Waals surface area contributed by atoms with E-state index in [1.807, 2.05) is 46.8 Å². The third kappa shape index (κ3) is 3.18. The Labute approximate surface area is 148 Å². The molecule has 4 nitrogen and oxygen atoms in total. The Morgan fingerprint density at radius 2 is 2.04 bits per heavy atom. The standard InChI is InChI=1S/C19H26N2O2S/c1-13(22)21-11-5-6-14-12-15(9-10-16(14)21)19(23)20(2)17-7-4-8-18(17)24-3/h9-10,12,17-18H,4-8,11H2,1-3H3/t17-,18+/m0/s1. The average molecular weight is 346 g/mol. The van der Waals surface area contributed by atoms with Gasteiger partial charge in [-0.2, -0.15) is 11.8 Å². The van der Waals surface area contributed by atoms with Gasteiger partial charge in [-0.05, 0) is 55.7 Å². The Morgan fingerprint density at radius 1 is 1.25 bits per heavy atom. The van der Waals surface area contributed by atoms with Crippen molar-refractivity contribution in [3.8, 4) is 0 Å². The first-order chi connectivity index (χ1) is 11.5. The largest absolute Gasteiger partial charge is 0.338 e. The molecule has 1 aromatic carbocycles. The average Bonchev–Trinajstić information content (AvgIpc) is 3.07. The van der Waals surface area contributed by atoms with Crippen LogP contribution in [0.15, 0.2) is 18.2 Å². The normalized spacial score (nSPS) is 23.0. The number of thioether (sulfide) groups is 1. The summed E-state index contributed by atoms with van der Waals surface area (Å²) in [4.78, 5) is 28.5. The lowest BCUT2D eigenvalue weighted by Crippen LogP contribution is -2.40. The molecule has 1 saturated carbocycles. The van der Waals surface area contributed by atoms with E-state index in [1.54, 1.807) is 6.92 Å². The molecule has 0 aromatic heterocycles. The molecule has 2 atom stereocenters. The van der Waals surface area contributed by atoms with Crippen LogP contribution < -0.4 is 4.90 Å². The summed E-state index contributed by atoms with van der Waals surface area (Å²) in [6.45, 7) is 2.37. The lowest BCUT2D eigenvalue weighted by molar-refractivity contribution is -0.116. The van der Waals surface area contributed by atoms with Crippen LogP contribution >= 0.6 is 11.8 Å². The number of carbonyl (C=O) groups excluding carboxylic acids is 2. The molecule has 1 heterocycles. The number of aryl methyl sites for hydroxylation is 1. The lowest BCUT2D eigenvalue weighted by atomic mass is 9.98. The molecule has 5 heteroatoms. The highest BCUT2D eigenvalue weighted by atomic mass is 32.2. The second-order valence-electron chi connectivity index (χ2n) is 6.81. The molecule has 0 radical (unpaired) electrons. The summed E-state index contributed by atoms with van der Waals surface area (Å²) < 4.78 is 0. The summed E-state index contributed by atoms with van der Waals surface area (Å²) in [7, 11) is 1.93. The van der Waals surface area contributed by atoms with Crippen molar-refractivity contribution in [2.45, 2.75) is 50.3 Å². The molecule has 130 valence electrons. The molecule has 1 fully saturated rings. The number of hydrogen-bond donors (Lipinski definition) is 0. The van der Waals surface area contributed by atoms with Crippen LogP contribution in [0.4, 0.5) is 5.69 Å². The van der Waals surface area contributed by atoms with Gasteiger partial charge in [0.05, 0.1) is 0 Å². The Balaban J connectivity index is 1.82. The van der Waals surface area contributed by atoms with Crippen LogP contribution in [0.1, 0.15) is 48.5 Å². The second-order valence-corrected chi connectivity index (χ2v) is 7.88. The van der Waals surface area contributed by atoms with E-state index in [4.69, 9.17) is 0 Å². The molecule has 1 aliphatic carbocycles. The van der Waals surface area contributed by atoms with Crippen molar-refractivity contribution in [2.75, 3.05) is 24.7 Å². The van der Waals surface area contributed by atoms with Gasteiger partial charge in [0.15, 0.2) is 0 Å². The lowest BCUT2D eigenvalue weighted by Gasteiger charge is -2.31. The van der Waals surface area contributed by atoms with E-state index in [9.17, 15) is 9.59 Å². The second kappa shape index (κ2) is 7.18. The van der Waals surface area contributed by atoms with Crippen LogP contribution in [-0.2, 0) is 11.2 Å². The molecule has 24 heavy (non-hydrogen) atoms. The third-order valence-electron chi connectivity index (χ3n) is 5.36. The highest BCUT2D eigenvalue weighted by Crippen LogP contribution is 2.33. The van der Waals surface area contributed by atoms with E-state index < -0.39 is 0 Å². The van der Waals surface area contributed by atoms with Crippen LogP contribution in [0.25, 0.3) is 0 Å². The molecule has 0 spiro atoms. The molecule has 0 bridgehead atoms. The van der Waals surface area contributed by atoms with Gasteiger partial charge >= 0.3 is 0 Å². The number of amides is 2. The van der Waals surface area contributed by atoms with Gasteiger partial charge in [-0.3, -0.25) is 9.59 Å². The first kappa shape index (κ1) is 17.3. The molecule has 1 aliphatic heterocycles. The zero-order valence-electron chi connectivity index (χ0n) is 14.7. The summed E-state index contributed by atoms with van der Waals surface area (Å²) in [6.07, 6.45) is 7.51. The smallest absolute Gasteiger partial charge is 0.253 e. The number of carbonyl (C=O) groups is 2. The van der Waals surface area contributed by atoms with E-state index in [1.165, 1.54) is 12.8 Å². The monoisotopic (exact) mass is 346 g/mol. The highest BCUT2D eigenvalue weighted by molar-refractivity contribution is 7.99. The summed E-state index contributed by atoms with van der Waals surface area (Å²) in [6, 6.07) is 6.14. The summed E-state index contributed by atoms with van der Waals surface area (Å²) in [5.74, 6) is 0.171. The van der Waals surface area contributed by atoms with Crippen molar-refractivity contribution in [2.24, 2.45) is 0 Å². The van der Waals surface area contributed by atoms with E-state index in [0.29, 0.717) is 11.3 Å². The zero-order valence-corrected chi connectivity index (χ0v) is 15.6. The van der Waals surface area contributed by atoms with Crippen molar-refractivity contribution in [1.29, 1.82) is 0 Å². The van der Waals surface area contributed by atoms with Gasteiger partial charge in [0.2, 0.25) is 5.91 Å². The van der Waals surface area contributed by atoms with Gasteiger partial charge in [-0.15, -0.1) is 0 Å².